The highest BCUT2D eigenvalue weighted by molar-refractivity contribution is 7.88. The van der Waals surface area contributed by atoms with Crippen LogP contribution in [0.25, 0.3) is 0 Å². The van der Waals surface area contributed by atoms with E-state index >= 15 is 0 Å². The van der Waals surface area contributed by atoms with E-state index in [4.69, 9.17) is 11.6 Å². The van der Waals surface area contributed by atoms with Crippen molar-refractivity contribution in [2.75, 3.05) is 18.1 Å². The van der Waals surface area contributed by atoms with Crippen LogP contribution in [0, 0.1) is 6.92 Å². The lowest BCUT2D eigenvalue weighted by molar-refractivity contribution is 0.102. The molecule has 5 nitrogen and oxygen atoms in total. The maximum Gasteiger partial charge on any atom is 0.255 e. The largest absolute Gasteiger partial charge is 0.322 e. The van der Waals surface area contributed by atoms with Gasteiger partial charge in [0, 0.05) is 22.8 Å². The van der Waals surface area contributed by atoms with Gasteiger partial charge in [0.05, 0.1) is 6.26 Å². The van der Waals surface area contributed by atoms with E-state index in [1.807, 2.05) is 13.0 Å². The van der Waals surface area contributed by atoms with Gasteiger partial charge in [0.1, 0.15) is 0 Å². The van der Waals surface area contributed by atoms with Crippen molar-refractivity contribution in [2.45, 2.75) is 13.3 Å². The number of hydrogen-bond donors (Lipinski definition) is 2. The third-order valence-electron chi connectivity index (χ3n) is 3.42. The van der Waals surface area contributed by atoms with Gasteiger partial charge >= 0.3 is 0 Å². The summed E-state index contributed by atoms with van der Waals surface area (Å²) in [6, 6.07) is 12.4. The summed E-state index contributed by atoms with van der Waals surface area (Å²) in [5.74, 6) is -0.226. The second kappa shape index (κ2) is 7.79. The Labute approximate surface area is 147 Å². The molecule has 0 bridgehead atoms. The highest BCUT2D eigenvalue weighted by Gasteiger charge is 2.07. The fourth-order valence-electron chi connectivity index (χ4n) is 2.08. The molecule has 128 valence electrons. The third kappa shape index (κ3) is 5.63. The number of nitrogens with one attached hydrogen (secondary N) is 2. The molecule has 24 heavy (non-hydrogen) atoms. The fraction of sp³-hybridized carbons (Fsp3) is 0.235. The summed E-state index contributed by atoms with van der Waals surface area (Å²) in [5, 5.41) is 3.39. The number of sulfonamides is 1. The average Bonchev–Trinajstić information content (AvgIpc) is 2.50. The first-order valence-corrected chi connectivity index (χ1v) is 9.62. The van der Waals surface area contributed by atoms with Crippen LogP contribution in [0.1, 0.15) is 21.5 Å². The third-order valence-corrected chi connectivity index (χ3v) is 4.56. The van der Waals surface area contributed by atoms with Gasteiger partial charge in [-0.05, 0) is 48.7 Å². The van der Waals surface area contributed by atoms with Gasteiger partial charge in [0.2, 0.25) is 10.0 Å². The van der Waals surface area contributed by atoms with Crippen LogP contribution in [0.3, 0.4) is 0 Å². The fourth-order valence-corrected chi connectivity index (χ4v) is 2.73. The van der Waals surface area contributed by atoms with E-state index in [0.717, 1.165) is 17.4 Å². The van der Waals surface area contributed by atoms with Gasteiger partial charge < -0.3 is 5.32 Å². The SMILES string of the molecule is Cc1ccc(NC(=O)c2ccc(CCNS(C)(=O)=O)cc2)cc1Cl. The minimum absolute atomic E-state index is 0.226. The first kappa shape index (κ1) is 18.4. The molecule has 0 fully saturated rings. The van der Waals surface area contributed by atoms with Crippen LogP contribution in [0.2, 0.25) is 5.02 Å². The van der Waals surface area contributed by atoms with Crippen LogP contribution in [0.5, 0.6) is 0 Å². The number of halogens is 1. The molecule has 0 atom stereocenters. The standard InChI is InChI=1S/C17H19ClN2O3S/c1-12-3-8-15(11-16(12)18)20-17(21)14-6-4-13(5-7-14)9-10-19-24(2,22)23/h3-8,11,19H,9-10H2,1-2H3,(H,20,21). The Hall–Kier alpha value is -1.89. The van der Waals surface area contributed by atoms with Crippen molar-refractivity contribution < 1.29 is 13.2 Å². The summed E-state index contributed by atoms with van der Waals surface area (Å²) in [5.41, 5.74) is 3.05. The van der Waals surface area contributed by atoms with E-state index in [2.05, 4.69) is 10.0 Å². The Balaban J connectivity index is 1.96. The molecule has 0 saturated carbocycles. The molecule has 0 unspecified atom stereocenters. The number of carbonyl (C=O) groups is 1. The second-order valence-electron chi connectivity index (χ2n) is 5.53. The van der Waals surface area contributed by atoms with Gasteiger partial charge in [-0.2, -0.15) is 0 Å². The van der Waals surface area contributed by atoms with Crippen LogP contribution in [-0.4, -0.2) is 27.1 Å². The van der Waals surface area contributed by atoms with E-state index in [0.29, 0.717) is 29.2 Å². The van der Waals surface area contributed by atoms with E-state index in [9.17, 15) is 13.2 Å². The van der Waals surface area contributed by atoms with Crippen molar-refractivity contribution in [3.63, 3.8) is 0 Å². The molecular formula is C17H19ClN2O3S. The Morgan fingerprint density at radius 2 is 1.79 bits per heavy atom. The zero-order valence-corrected chi connectivity index (χ0v) is 15.0. The zero-order chi connectivity index (χ0) is 17.7. The van der Waals surface area contributed by atoms with Gasteiger partial charge in [-0.1, -0.05) is 29.8 Å². The monoisotopic (exact) mass is 366 g/mol. The number of anilines is 1. The maximum absolute atomic E-state index is 12.2. The van der Waals surface area contributed by atoms with Crippen molar-refractivity contribution in [1.82, 2.24) is 4.72 Å². The lowest BCUT2D eigenvalue weighted by Crippen LogP contribution is -2.24. The molecule has 0 radical (unpaired) electrons. The van der Waals surface area contributed by atoms with E-state index in [-0.39, 0.29) is 5.91 Å². The molecule has 0 aliphatic rings. The number of carbonyl (C=O) groups excluding carboxylic acids is 1. The molecule has 2 rings (SSSR count). The normalized spacial score (nSPS) is 11.3. The lowest BCUT2D eigenvalue weighted by Gasteiger charge is -2.08. The van der Waals surface area contributed by atoms with Crippen molar-refractivity contribution in [3.05, 3.63) is 64.2 Å². The molecule has 2 aromatic rings. The molecule has 0 heterocycles. The highest BCUT2D eigenvalue weighted by atomic mass is 35.5. The quantitative estimate of drug-likeness (QED) is 0.825. The maximum atomic E-state index is 12.2. The van der Waals surface area contributed by atoms with Gasteiger partial charge in [-0.15, -0.1) is 0 Å². The first-order valence-electron chi connectivity index (χ1n) is 7.36. The van der Waals surface area contributed by atoms with Gasteiger partial charge in [-0.25, -0.2) is 13.1 Å². The van der Waals surface area contributed by atoms with Crippen LogP contribution in [-0.2, 0) is 16.4 Å². The van der Waals surface area contributed by atoms with Crippen molar-refractivity contribution in [2.24, 2.45) is 0 Å². The summed E-state index contributed by atoms with van der Waals surface area (Å²) >= 11 is 6.04. The summed E-state index contributed by atoms with van der Waals surface area (Å²) in [4.78, 5) is 12.2. The van der Waals surface area contributed by atoms with Crippen LogP contribution >= 0.6 is 11.6 Å². The molecule has 0 spiro atoms. The molecule has 1 amide bonds. The molecule has 0 aliphatic carbocycles. The van der Waals surface area contributed by atoms with Crippen molar-refractivity contribution >= 4 is 33.2 Å². The van der Waals surface area contributed by atoms with Gasteiger partial charge in [0.25, 0.3) is 5.91 Å². The zero-order valence-electron chi connectivity index (χ0n) is 13.5. The molecule has 0 saturated heterocycles. The summed E-state index contributed by atoms with van der Waals surface area (Å²) in [6.07, 6.45) is 1.68. The summed E-state index contributed by atoms with van der Waals surface area (Å²) < 4.78 is 24.5. The Morgan fingerprint density at radius 3 is 2.38 bits per heavy atom. The predicted molar refractivity (Wildman–Crippen MR) is 97.1 cm³/mol. The van der Waals surface area contributed by atoms with Crippen molar-refractivity contribution in [3.8, 4) is 0 Å². The highest BCUT2D eigenvalue weighted by Crippen LogP contribution is 2.20. The smallest absolute Gasteiger partial charge is 0.255 e. The topological polar surface area (TPSA) is 75.3 Å². The molecule has 2 N–H and O–H groups in total. The van der Waals surface area contributed by atoms with Crippen LogP contribution < -0.4 is 10.0 Å². The van der Waals surface area contributed by atoms with E-state index < -0.39 is 10.0 Å². The summed E-state index contributed by atoms with van der Waals surface area (Å²) in [6.45, 7) is 2.22. The van der Waals surface area contributed by atoms with Crippen LogP contribution in [0.4, 0.5) is 5.69 Å². The number of hydrogen-bond acceptors (Lipinski definition) is 3. The number of rotatable bonds is 6. The number of benzene rings is 2. The first-order chi connectivity index (χ1) is 11.2. The predicted octanol–water partition coefficient (Wildman–Crippen LogP) is 2.99. The lowest BCUT2D eigenvalue weighted by atomic mass is 10.1. The molecular weight excluding hydrogens is 348 g/mol. The Morgan fingerprint density at radius 1 is 1.12 bits per heavy atom. The minimum atomic E-state index is -3.18. The second-order valence-corrected chi connectivity index (χ2v) is 7.77. The van der Waals surface area contributed by atoms with Crippen molar-refractivity contribution in [1.29, 1.82) is 0 Å². The molecule has 7 heteroatoms. The van der Waals surface area contributed by atoms with E-state index in [1.165, 1.54) is 0 Å². The van der Waals surface area contributed by atoms with Crippen LogP contribution in [0.15, 0.2) is 42.5 Å². The Kier molecular flexibility index (Phi) is 5.99. The number of amides is 1. The average molecular weight is 367 g/mol. The summed E-state index contributed by atoms with van der Waals surface area (Å²) in [7, 11) is -3.18. The minimum Gasteiger partial charge on any atom is -0.322 e. The molecule has 2 aromatic carbocycles. The number of aryl methyl sites for hydroxylation is 1. The van der Waals surface area contributed by atoms with E-state index in [1.54, 1.807) is 36.4 Å². The molecule has 0 aromatic heterocycles. The van der Waals surface area contributed by atoms with Gasteiger partial charge in [0.15, 0.2) is 0 Å². The molecule has 0 aliphatic heterocycles. The van der Waals surface area contributed by atoms with Gasteiger partial charge in [-0.3, -0.25) is 4.79 Å². The Bertz CT molecular complexity index is 833.